The van der Waals surface area contributed by atoms with Gasteiger partial charge in [-0.25, -0.2) is 4.98 Å². The Labute approximate surface area is 190 Å². The van der Waals surface area contributed by atoms with Gasteiger partial charge in [-0.15, -0.1) is 0 Å². The lowest BCUT2D eigenvalue weighted by Gasteiger charge is -2.14. The maximum atomic E-state index is 6.49. The Morgan fingerprint density at radius 1 is 1.10 bits per heavy atom. The molecule has 4 N–H and O–H groups in total. The molecular formula is C23H24Cl2N6. The van der Waals surface area contributed by atoms with Crippen molar-refractivity contribution in [3.05, 3.63) is 57.2 Å². The van der Waals surface area contributed by atoms with Crippen LogP contribution in [-0.4, -0.2) is 33.5 Å². The fourth-order valence-corrected chi connectivity index (χ4v) is 4.91. The van der Waals surface area contributed by atoms with Crippen LogP contribution < -0.4 is 11.5 Å². The molecule has 0 atom stereocenters. The Bertz CT molecular complexity index is 1300. The van der Waals surface area contributed by atoms with Gasteiger partial charge in [-0.2, -0.15) is 4.98 Å². The summed E-state index contributed by atoms with van der Waals surface area (Å²) < 4.78 is 2.21. The van der Waals surface area contributed by atoms with Gasteiger partial charge in [0.05, 0.1) is 17.4 Å². The fourth-order valence-electron chi connectivity index (χ4n) is 4.39. The monoisotopic (exact) mass is 454 g/mol. The summed E-state index contributed by atoms with van der Waals surface area (Å²) in [6, 6.07) is 7.84. The highest BCUT2D eigenvalue weighted by Crippen LogP contribution is 2.46. The maximum Gasteiger partial charge on any atom is 0.222 e. The first-order valence-electron chi connectivity index (χ1n) is 10.3. The number of hydrogen-bond acceptors (Lipinski definition) is 5. The van der Waals surface area contributed by atoms with Crippen LogP contribution in [0.15, 0.2) is 30.5 Å². The van der Waals surface area contributed by atoms with Crippen molar-refractivity contribution in [2.75, 3.05) is 25.6 Å². The highest BCUT2D eigenvalue weighted by atomic mass is 35.5. The number of anilines is 2. The fraction of sp³-hybridized carbons (Fsp3) is 0.304. The van der Waals surface area contributed by atoms with E-state index >= 15 is 0 Å². The van der Waals surface area contributed by atoms with Crippen molar-refractivity contribution in [2.45, 2.75) is 31.8 Å². The Hall–Kier alpha value is -2.54. The molecule has 0 unspecified atom stereocenters. The normalized spacial score (nSPS) is 14.2. The third-order valence-electron chi connectivity index (χ3n) is 5.86. The minimum Gasteiger partial charge on any atom is -0.383 e. The van der Waals surface area contributed by atoms with E-state index in [1.165, 1.54) is 5.56 Å². The summed E-state index contributed by atoms with van der Waals surface area (Å²) in [7, 11) is 4.10. The molecule has 1 aliphatic rings. The number of halogens is 2. The summed E-state index contributed by atoms with van der Waals surface area (Å²) in [5, 5.41) is 3.26. The number of nitrogens with two attached hydrogens (primary N) is 2. The molecule has 0 radical (unpaired) electrons. The Kier molecular flexibility index (Phi) is 4.96. The first kappa shape index (κ1) is 20.4. The summed E-state index contributed by atoms with van der Waals surface area (Å²) in [5.41, 5.74) is 17.6. The van der Waals surface area contributed by atoms with Crippen LogP contribution in [-0.2, 0) is 13.1 Å². The predicted octanol–water partition coefficient (Wildman–Crippen LogP) is 5.04. The third-order valence-corrected chi connectivity index (χ3v) is 6.57. The standard InChI is InChI=1S/C23H24Cl2N6/c1-30(2)9-13-10-31(11-15-16(24)4-3-5-17(15)25)18-8-14(12-6-7-12)21-20(19(13)18)22(26)29-23(27)28-21/h3-5,8,10,12H,6-7,9,11H2,1-2H3,(H4,26,27,28,29). The summed E-state index contributed by atoms with van der Waals surface area (Å²) in [5.74, 6) is 1.11. The Morgan fingerprint density at radius 3 is 2.45 bits per heavy atom. The summed E-state index contributed by atoms with van der Waals surface area (Å²) >= 11 is 13.0. The molecule has 5 rings (SSSR count). The SMILES string of the molecule is CN(C)Cc1cn(Cc2c(Cl)cccc2Cl)c2cc(C3CC3)c3nc(N)nc(N)c3c12. The Morgan fingerprint density at radius 2 is 1.81 bits per heavy atom. The van der Waals surface area contributed by atoms with E-state index in [1.807, 2.05) is 32.3 Å². The van der Waals surface area contributed by atoms with Gasteiger partial charge in [0, 0.05) is 39.3 Å². The number of nitrogen functional groups attached to an aromatic ring is 2. The molecule has 4 aromatic rings. The summed E-state index contributed by atoms with van der Waals surface area (Å²) in [4.78, 5) is 11.0. The van der Waals surface area contributed by atoms with E-state index in [4.69, 9.17) is 34.7 Å². The van der Waals surface area contributed by atoms with Crippen molar-refractivity contribution >= 4 is 56.8 Å². The third kappa shape index (κ3) is 3.59. The molecule has 6 nitrogen and oxygen atoms in total. The van der Waals surface area contributed by atoms with Crippen molar-refractivity contribution in [1.29, 1.82) is 0 Å². The van der Waals surface area contributed by atoms with Crippen LogP contribution in [0.5, 0.6) is 0 Å². The average molecular weight is 455 g/mol. The first-order chi connectivity index (χ1) is 14.8. The number of hydrogen-bond donors (Lipinski definition) is 2. The van der Waals surface area contributed by atoms with Gasteiger partial charge < -0.3 is 20.9 Å². The van der Waals surface area contributed by atoms with E-state index in [1.54, 1.807) is 0 Å². The number of benzene rings is 2. The molecule has 0 amide bonds. The van der Waals surface area contributed by atoms with Gasteiger partial charge in [-0.05, 0) is 62.2 Å². The van der Waals surface area contributed by atoms with E-state index in [0.29, 0.717) is 28.3 Å². The van der Waals surface area contributed by atoms with E-state index in [2.05, 4.69) is 31.7 Å². The van der Waals surface area contributed by atoms with Crippen molar-refractivity contribution in [1.82, 2.24) is 19.4 Å². The number of fused-ring (bicyclic) bond motifs is 3. The molecule has 0 spiro atoms. The Balaban J connectivity index is 1.83. The van der Waals surface area contributed by atoms with Crippen molar-refractivity contribution in [3.8, 4) is 0 Å². The molecule has 1 aliphatic carbocycles. The van der Waals surface area contributed by atoms with E-state index in [0.717, 1.165) is 52.3 Å². The van der Waals surface area contributed by atoms with Crippen molar-refractivity contribution < 1.29 is 0 Å². The minimum atomic E-state index is 0.211. The van der Waals surface area contributed by atoms with Crippen LogP contribution in [0.25, 0.3) is 21.8 Å². The molecule has 31 heavy (non-hydrogen) atoms. The van der Waals surface area contributed by atoms with E-state index in [-0.39, 0.29) is 5.95 Å². The molecule has 8 heteroatoms. The first-order valence-corrected chi connectivity index (χ1v) is 11.0. The van der Waals surface area contributed by atoms with Crippen molar-refractivity contribution in [3.63, 3.8) is 0 Å². The molecule has 160 valence electrons. The van der Waals surface area contributed by atoms with Crippen LogP contribution >= 0.6 is 23.2 Å². The molecule has 0 aliphatic heterocycles. The van der Waals surface area contributed by atoms with Gasteiger partial charge >= 0.3 is 0 Å². The lowest BCUT2D eigenvalue weighted by molar-refractivity contribution is 0.403. The van der Waals surface area contributed by atoms with Crippen LogP contribution in [0.4, 0.5) is 11.8 Å². The van der Waals surface area contributed by atoms with Gasteiger partial charge in [0.15, 0.2) is 0 Å². The molecule has 1 fully saturated rings. The molecule has 0 bridgehead atoms. The van der Waals surface area contributed by atoms with E-state index < -0.39 is 0 Å². The van der Waals surface area contributed by atoms with Gasteiger partial charge in [-0.1, -0.05) is 29.3 Å². The smallest absolute Gasteiger partial charge is 0.222 e. The zero-order valence-corrected chi connectivity index (χ0v) is 19.0. The zero-order chi connectivity index (χ0) is 21.9. The quantitative estimate of drug-likeness (QED) is 0.440. The summed E-state index contributed by atoms with van der Waals surface area (Å²) in [6.45, 7) is 1.31. The van der Waals surface area contributed by atoms with Crippen LogP contribution in [0.3, 0.4) is 0 Å². The second-order valence-electron chi connectivity index (χ2n) is 8.55. The molecule has 0 saturated heterocycles. The molecule has 2 aromatic carbocycles. The lowest BCUT2D eigenvalue weighted by atomic mass is 10.00. The van der Waals surface area contributed by atoms with Gasteiger partial charge in [0.25, 0.3) is 0 Å². The van der Waals surface area contributed by atoms with Gasteiger partial charge in [0.2, 0.25) is 5.95 Å². The molecule has 1 saturated carbocycles. The molecular weight excluding hydrogens is 431 g/mol. The van der Waals surface area contributed by atoms with Crippen LogP contribution in [0.2, 0.25) is 10.0 Å². The van der Waals surface area contributed by atoms with Crippen molar-refractivity contribution in [2.24, 2.45) is 0 Å². The highest BCUT2D eigenvalue weighted by Gasteiger charge is 2.29. The van der Waals surface area contributed by atoms with Gasteiger partial charge in [0.1, 0.15) is 5.82 Å². The maximum absolute atomic E-state index is 6.49. The largest absolute Gasteiger partial charge is 0.383 e. The van der Waals surface area contributed by atoms with Crippen LogP contribution in [0, 0.1) is 0 Å². The number of aromatic nitrogens is 3. The second kappa shape index (κ2) is 7.55. The molecule has 2 aromatic heterocycles. The minimum absolute atomic E-state index is 0.211. The molecule has 2 heterocycles. The number of nitrogens with zero attached hydrogens (tertiary/aromatic N) is 4. The zero-order valence-electron chi connectivity index (χ0n) is 17.5. The van der Waals surface area contributed by atoms with Crippen LogP contribution in [0.1, 0.15) is 35.4 Å². The summed E-state index contributed by atoms with van der Waals surface area (Å²) in [6.07, 6.45) is 4.45. The topological polar surface area (TPSA) is 86.0 Å². The van der Waals surface area contributed by atoms with E-state index in [9.17, 15) is 0 Å². The average Bonchev–Trinajstić information content (AvgIpc) is 3.48. The lowest BCUT2D eigenvalue weighted by Crippen LogP contribution is -2.10. The second-order valence-corrected chi connectivity index (χ2v) is 9.36. The van der Waals surface area contributed by atoms with Gasteiger partial charge in [-0.3, -0.25) is 0 Å². The highest BCUT2D eigenvalue weighted by molar-refractivity contribution is 6.36. The number of rotatable bonds is 5. The predicted molar refractivity (Wildman–Crippen MR) is 129 cm³/mol.